The molecule has 1 unspecified atom stereocenters. The van der Waals surface area contributed by atoms with Crippen molar-refractivity contribution < 1.29 is 14.7 Å². The van der Waals surface area contributed by atoms with Gasteiger partial charge in [0.2, 0.25) is 0 Å². The number of aliphatic carboxylic acids is 1. The van der Waals surface area contributed by atoms with E-state index >= 15 is 0 Å². The average molecular weight is 296 g/mol. The van der Waals surface area contributed by atoms with Gasteiger partial charge >= 0.3 is 12.0 Å². The molecular formula is C16H28N2O3. The first kappa shape index (κ1) is 17.5. The second-order valence-corrected chi connectivity index (χ2v) is 6.64. The fraction of sp³-hybridized carbons (Fsp3) is 0.750. The minimum absolute atomic E-state index is 0.0463. The summed E-state index contributed by atoms with van der Waals surface area (Å²) in [6.45, 7) is 6.67. The number of rotatable bonds is 6. The number of amides is 2. The number of hydrogen-bond acceptors (Lipinski definition) is 2. The van der Waals surface area contributed by atoms with Crippen molar-refractivity contribution in [2.75, 3.05) is 20.1 Å². The molecule has 0 aromatic carbocycles. The van der Waals surface area contributed by atoms with Crippen LogP contribution in [0.3, 0.4) is 0 Å². The quantitative estimate of drug-likeness (QED) is 0.740. The predicted octanol–water partition coefficient (Wildman–Crippen LogP) is 2.88. The minimum atomic E-state index is -0.887. The van der Waals surface area contributed by atoms with E-state index in [1.807, 2.05) is 0 Å². The third-order valence-corrected chi connectivity index (χ3v) is 4.16. The van der Waals surface area contributed by atoms with E-state index in [0.29, 0.717) is 6.54 Å². The topological polar surface area (TPSA) is 69.6 Å². The number of carbonyl (C=O) groups is 2. The van der Waals surface area contributed by atoms with Gasteiger partial charge in [-0.2, -0.15) is 0 Å². The first-order valence-electron chi connectivity index (χ1n) is 7.65. The summed E-state index contributed by atoms with van der Waals surface area (Å²) in [6, 6.07) is -0.215. The molecule has 5 nitrogen and oxygen atoms in total. The van der Waals surface area contributed by atoms with Crippen LogP contribution in [0.1, 0.15) is 46.5 Å². The zero-order chi connectivity index (χ0) is 16.0. The molecule has 0 heterocycles. The van der Waals surface area contributed by atoms with Gasteiger partial charge in [-0.1, -0.05) is 32.4 Å². The highest BCUT2D eigenvalue weighted by Crippen LogP contribution is 2.33. The molecule has 0 radical (unpaired) electrons. The van der Waals surface area contributed by atoms with Crippen molar-refractivity contribution in [2.45, 2.75) is 46.5 Å². The van der Waals surface area contributed by atoms with Gasteiger partial charge in [0.05, 0.1) is 5.92 Å². The van der Waals surface area contributed by atoms with Crippen LogP contribution >= 0.6 is 0 Å². The second-order valence-electron chi connectivity index (χ2n) is 6.64. The Morgan fingerprint density at radius 3 is 2.62 bits per heavy atom. The van der Waals surface area contributed by atoms with Crippen molar-refractivity contribution >= 4 is 12.0 Å². The van der Waals surface area contributed by atoms with Crippen LogP contribution in [0.25, 0.3) is 0 Å². The summed E-state index contributed by atoms with van der Waals surface area (Å²) in [5.41, 5.74) is 1.37. The van der Waals surface area contributed by atoms with E-state index < -0.39 is 11.9 Å². The van der Waals surface area contributed by atoms with Crippen molar-refractivity contribution in [1.29, 1.82) is 0 Å². The molecule has 2 amide bonds. The van der Waals surface area contributed by atoms with Crippen LogP contribution in [0.4, 0.5) is 4.79 Å². The maximum atomic E-state index is 12.0. The van der Waals surface area contributed by atoms with Gasteiger partial charge in [-0.05, 0) is 25.7 Å². The van der Waals surface area contributed by atoms with E-state index in [9.17, 15) is 9.59 Å². The van der Waals surface area contributed by atoms with E-state index in [1.54, 1.807) is 14.0 Å². The summed E-state index contributed by atoms with van der Waals surface area (Å²) in [5.74, 6) is -1.45. The van der Waals surface area contributed by atoms with Crippen LogP contribution < -0.4 is 5.32 Å². The summed E-state index contributed by atoms with van der Waals surface area (Å²) in [6.07, 6.45) is 7.00. The molecule has 0 saturated carbocycles. The average Bonchev–Trinajstić information content (AvgIpc) is 2.45. The van der Waals surface area contributed by atoms with Crippen LogP contribution in [0.15, 0.2) is 11.6 Å². The monoisotopic (exact) mass is 296 g/mol. The highest BCUT2D eigenvalue weighted by atomic mass is 16.4. The smallest absolute Gasteiger partial charge is 0.317 e. The largest absolute Gasteiger partial charge is 0.481 e. The molecule has 0 spiro atoms. The number of hydrogen-bond donors (Lipinski definition) is 2. The lowest BCUT2D eigenvalue weighted by atomic mass is 9.78. The lowest BCUT2D eigenvalue weighted by Crippen LogP contribution is -2.44. The van der Waals surface area contributed by atoms with Gasteiger partial charge < -0.3 is 15.3 Å². The molecule has 21 heavy (non-hydrogen) atoms. The summed E-state index contributed by atoms with van der Waals surface area (Å²) in [5, 5.41) is 11.8. The van der Waals surface area contributed by atoms with Gasteiger partial charge in [0.15, 0.2) is 0 Å². The third-order valence-electron chi connectivity index (χ3n) is 4.16. The number of carboxylic acid groups (broad SMARTS) is 1. The molecule has 0 aliphatic heterocycles. The molecular weight excluding hydrogens is 268 g/mol. The summed E-state index contributed by atoms with van der Waals surface area (Å²) in [7, 11) is 1.63. The molecule has 2 N–H and O–H groups in total. The maximum absolute atomic E-state index is 12.0. The van der Waals surface area contributed by atoms with Crippen LogP contribution in [0.5, 0.6) is 0 Å². The Hall–Kier alpha value is -1.52. The molecule has 5 heteroatoms. The Morgan fingerprint density at radius 2 is 2.10 bits per heavy atom. The second kappa shape index (κ2) is 7.48. The van der Waals surface area contributed by atoms with Crippen LogP contribution in [-0.2, 0) is 4.79 Å². The van der Waals surface area contributed by atoms with Crippen molar-refractivity contribution in [2.24, 2.45) is 11.3 Å². The van der Waals surface area contributed by atoms with Crippen molar-refractivity contribution in [3.05, 3.63) is 11.6 Å². The van der Waals surface area contributed by atoms with Gasteiger partial charge in [0.25, 0.3) is 0 Å². The number of urea groups is 1. The lowest BCUT2D eigenvalue weighted by molar-refractivity contribution is -0.141. The molecule has 1 atom stereocenters. The Kier molecular flexibility index (Phi) is 6.24. The van der Waals surface area contributed by atoms with Crippen LogP contribution in [0, 0.1) is 11.3 Å². The molecule has 0 aromatic rings. The number of nitrogens with zero attached hydrogens (tertiary/aromatic N) is 1. The highest BCUT2D eigenvalue weighted by Gasteiger charge is 2.26. The van der Waals surface area contributed by atoms with Crippen LogP contribution in [-0.4, -0.2) is 42.1 Å². The highest BCUT2D eigenvalue weighted by molar-refractivity contribution is 5.75. The number of carboxylic acids is 1. The zero-order valence-corrected chi connectivity index (χ0v) is 13.6. The molecule has 0 aromatic heterocycles. The summed E-state index contributed by atoms with van der Waals surface area (Å²) < 4.78 is 0. The molecule has 1 aliphatic carbocycles. The SMILES string of the molecule is CC(CN(C)C(=O)NCC(C)(C)C1=CCCCC1)C(=O)O. The fourth-order valence-electron chi connectivity index (χ4n) is 2.57. The Morgan fingerprint density at radius 1 is 1.43 bits per heavy atom. The lowest BCUT2D eigenvalue weighted by Gasteiger charge is -2.31. The van der Waals surface area contributed by atoms with E-state index in [0.717, 1.165) is 12.8 Å². The first-order chi connectivity index (χ1) is 9.74. The number of nitrogens with one attached hydrogen (secondary N) is 1. The van der Waals surface area contributed by atoms with Gasteiger partial charge in [-0.15, -0.1) is 0 Å². The fourth-order valence-corrected chi connectivity index (χ4v) is 2.57. The Bertz CT molecular complexity index is 416. The van der Waals surface area contributed by atoms with E-state index in [2.05, 4.69) is 25.2 Å². The normalized spacial score (nSPS) is 16.9. The summed E-state index contributed by atoms with van der Waals surface area (Å²) >= 11 is 0. The molecule has 1 aliphatic rings. The van der Waals surface area contributed by atoms with Crippen molar-refractivity contribution in [3.63, 3.8) is 0 Å². The zero-order valence-electron chi connectivity index (χ0n) is 13.6. The van der Waals surface area contributed by atoms with Gasteiger partial charge in [-0.25, -0.2) is 4.79 Å². The van der Waals surface area contributed by atoms with Crippen molar-refractivity contribution in [1.82, 2.24) is 10.2 Å². The van der Waals surface area contributed by atoms with Crippen molar-refractivity contribution in [3.8, 4) is 0 Å². The molecule has 0 bridgehead atoms. The van der Waals surface area contributed by atoms with Crippen LogP contribution in [0.2, 0.25) is 0 Å². The number of carbonyl (C=O) groups excluding carboxylic acids is 1. The predicted molar refractivity (Wildman–Crippen MR) is 83.2 cm³/mol. The van der Waals surface area contributed by atoms with Gasteiger partial charge in [0, 0.05) is 25.6 Å². The molecule has 0 saturated heterocycles. The Labute approximate surface area is 127 Å². The van der Waals surface area contributed by atoms with Gasteiger partial charge in [0.1, 0.15) is 0 Å². The molecule has 0 fully saturated rings. The molecule has 1 rings (SSSR count). The standard InChI is InChI=1S/C16H28N2O3/c1-12(14(19)20)10-18(4)15(21)17-11-16(2,3)13-8-6-5-7-9-13/h8,12H,5-7,9-11H2,1-4H3,(H,17,21)(H,19,20). The van der Waals surface area contributed by atoms with E-state index in [-0.39, 0.29) is 18.0 Å². The number of allylic oxidation sites excluding steroid dienone is 1. The van der Waals surface area contributed by atoms with E-state index in [4.69, 9.17) is 5.11 Å². The van der Waals surface area contributed by atoms with E-state index in [1.165, 1.54) is 23.3 Å². The third kappa shape index (κ3) is 5.40. The van der Waals surface area contributed by atoms with Gasteiger partial charge in [-0.3, -0.25) is 4.79 Å². The Balaban J connectivity index is 2.47. The molecule has 120 valence electrons. The summed E-state index contributed by atoms with van der Waals surface area (Å²) in [4.78, 5) is 24.3. The minimum Gasteiger partial charge on any atom is -0.481 e. The maximum Gasteiger partial charge on any atom is 0.317 e. The first-order valence-corrected chi connectivity index (χ1v) is 7.65.